The number of thiophene rings is 1. The standard InChI is InChI=1S/C22H22N2O2S/c1-22(11-12-24(22)15-17-10-13-27-16-17)21(25)23-18-6-5-9-20(14-18)26-19-7-3-2-4-8-19/h2-10,13-14,16H,11-12,15H2,1H3,(H,23,25). The largest absolute Gasteiger partial charge is 0.457 e. The molecule has 1 saturated heterocycles. The Bertz CT molecular complexity index is 911. The summed E-state index contributed by atoms with van der Waals surface area (Å²) in [6.07, 6.45) is 0.864. The number of amides is 1. The zero-order valence-electron chi connectivity index (χ0n) is 15.2. The smallest absolute Gasteiger partial charge is 0.244 e. The van der Waals surface area contributed by atoms with Crippen LogP contribution in [-0.4, -0.2) is 22.9 Å². The molecule has 0 spiro atoms. The van der Waals surface area contributed by atoms with Crippen LogP contribution in [0.15, 0.2) is 71.4 Å². The van der Waals surface area contributed by atoms with Crippen LogP contribution in [0.2, 0.25) is 0 Å². The van der Waals surface area contributed by atoms with Crippen molar-refractivity contribution in [2.24, 2.45) is 0 Å². The molecule has 1 atom stereocenters. The molecule has 2 heterocycles. The van der Waals surface area contributed by atoms with Gasteiger partial charge in [0.1, 0.15) is 11.5 Å². The minimum atomic E-state index is -0.474. The molecule has 0 bridgehead atoms. The molecule has 27 heavy (non-hydrogen) atoms. The van der Waals surface area contributed by atoms with Crippen molar-refractivity contribution < 1.29 is 9.53 Å². The maximum absolute atomic E-state index is 12.9. The molecule has 1 aliphatic rings. The van der Waals surface area contributed by atoms with Gasteiger partial charge in [-0.3, -0.25) is 9.69 Å². The molecule has 1 fully saturated rings. The summed E-state index contributed by atoms with van der Waals surface area (Å²) < 4.78 is 5.86. The highest BCUT2D eigenvalue weighted by Gasteiger charge is 2.46. The Labute approximate surface area is 163 Å². The first-order valence-electron chi connectivity index (χ1n) is 9.04. The van der Waals surface area contributed by atoms with Crippen molar-refractivity contribution >= 4 is 22.9 Å². The summed E-state index contributed by atoms with van der Waals surface area (Å²) in [6, 6.07) is 19.3. The first-order valence-corrected chi connectivity index (χ1v) is 9.98. The van der Waals surface area contributed by atoms with Gasteiger partial charge in [-0.2, -0.15) is 11.3 Å². The normalized spacial score (nSPS) is 19.3. The van der Waals surface area contributed by atoms with Crippen LogP contribution >= 0.6 is 11.3 Å². The molecule has 3 aromatic rings. The first-order chi connectivity index (χ1) is 13.1. The van der Waals surface area contributed by atoms with Crippen LogP contribution in [0.4, 0.5) is 5.69 Å². The Balaban J connectivity index is 1.42. The van der Waals surface area contributed by atoms with Gasteiger partial charge in [-0.15, -0.1) is 0 Å². The Morgan fingerprint density at radius 1 is 1.15 bits per heavy atom. The Kier molecular flexibility index (Phi) is 4.97. The van der Waals surface area contributed by atoms with Gasteiger partial charge in [0.15, 0.2) is 0 Å². The van der Waals surface area contributed by atoms with E-state index in [2.05, 4.69) is 27.0 Å². The Hall–Kier alpha value is -2.63. The minimum Gasteiger partial charge on any atom is -0.457 e. The van der Waals surface area contributed by atoms with Crippen LogP contribution in [0.3, 0.4) is 0 Å². The van der Waals surface area contributed by atoms with E-state index in [9.17, 15) is 4.79 Å². The van der Waals surface area contributed by atoms with Crippen LogP contribution in [-0.2, 0) is 11.3 Å². The fourth-order valence-electron chi connectivity index (χ4n) is 3.25. The monoisotopic (exact) mass is 378 g/mol. The fraction of sp³-hybridized carbons (Fsp3) is 0.227. The predicted molar refractivity (Wildman–Crippen MR) is 109 cm³/mol. The summed E-state index contributed by atoms with van der Waals surface area (Å²) in [5.74, 6) is 1.50. The van der Waals surface area contributed by atoms with Crippen molar-refractivity contribution in [3.8, 4) is 11.5 Å². The molecule has 4 rings (SSSR count). The molecular weight excluding hydrogens is 356 g/mol. The minimum absolute atomic E-state index is 0.0286. The van der Waals surface area contributed by atoms with Crippen molar-refractivity contribution in [1.82, 2.24) is 4.90 Å². The van der Waals surface area contributed by atoms with E-state index < -0.39 is 5.54 Å². The number of para-hydroxylation sites is 1. The average molecular weight is 378 g/mol. The second-order valence-corrected chi connectivity index (χ2v) is 7.75. The number of benzene rings is 2. The predicted octanol–water partition coefficient (Wildman–Crippen LogP) is 5.14. The van der Waals surface area contributed by atoms with Crippen LogP contribution in [0.1, 0.15) is 18.9 Å². The third kappa shape index (κ3) is 3.89. The van der Waals surface area contributed by atoms with Crippen molar-refractivity contribution in [2.45, 2.75) is 25.4 Å². The van der Waals surface area contributed by atoms with Gasteiger partial charge in [0, 0.05) is 24.8 Å². The summed E-state index contributed by atoms with van der Waals surface area (Å²) in [5.41, 5.74) is 1.53. The molecule has 1 unspecified atom stereocenters. The van der Waals surface area contributed by atoms with Gasteiger partial charge in [-0.1, -0.05) is 24.3 Å². The number of ether oxygens (including phenoxy) is 1. The number of anilines is 1. The van der Waals surface area contributed by atoms with Gasteiger partial charge in [0.2, 0.25) is 5.91 Å². The SMILES string of the molecule is CC1(C(=O)Nc2cccc(Oc3ccccc3)c2)CCN1Cc1ccsc1. The number of carbonyl (C=O) groups is 1. The molecule has 1 aromatic heterocycles. The Morgan fingerprint density at radius 2 is 1.96 bits per heavy atom. The number of rotatable bonds is 6. The van der Waals surface area contributed by atoms with Gasteiger partial charge < -0.3 is 10.1 Å². The summed E-state index contributed by atoms with van der Waals surface area (Å²) in [5, 5.41) is 7.28. The molecule has 1 N–H and O–H groups in total. The van der Waals surface area contributed by atoms with Crippen molar-refractivity contribution in [3.63, 3.8) is 0 Å². The molecule has 1 aliphatic heterocycles. The third-order valence-corrected chi connectivity index (χ3v) is 5.81. The zero-order valence-corrected chi connectivity index (χ0v) is 16.0. The number of carbonyl (C=O) groups excluding carboxylic acids is 1. The van der Waals surface area contributed by atoms with Crippen LogP contribution in [0.5, 0.6) is 11.5 Å². The van der Waals surface area contributed by atoms with E-state index in [1.807, 2.05) is 61.5 Å². The molecule has 5 heteroatoms. The quantitative estimate of drug-likeness (QED) is 0.645. The molecule has 2 aromatic carbocycles. The van der Waals surface area contributed by atoms with E-state index in [0.717, 1.165) is 30.9 Å². The van der Waals surface area contributed by atoms with E-state index in [0.29, 0.717) is 5.75 Å². The number of likely N-dealkylation sites (tertiary alicyclic amines) is 1. The Morgan fingerprint density at radius 3 is 2.67 bits per heavy atom. The van der Waals surface area contributed by atoms with Crippen LogP contribution in [0, 0.1) is 0 Å². The van der Waals surface area contributed by atoms with E-state index in [4.69, 9.17) is 4.74 Å². The highest BCUT2D eigenvalue weighted by molar-refractivity contribution is 7.07. The zero-order chi connectivity index (χ0) is 18.7. The molecular formula is C22H22N2O2S. The highest BCUT2D eigenvalue weighted by atomic mass is 32.1. The number of hydrogen-bond donors (Lipinski definition) is 1. The molecule has 138 valence electrons. The van der Waals surface area contributed by atoms with Gasteiger partial charge in [-0.05, 0) is 60.0 Å². The number of hydrogen-bond acceptors (Lipinski definition) is 4. The van der Waals surface area contributed by atoms with Gasteiger partial charge >= 0.3 is 0 Å². The van der Waals surface area contributed by atoms with E-state index in [1.165, 1.54) is 5.56 Å². The second kappa shape index (κ2) is 7.55. The molecule has 0 saturated carbocycles. The summed E-state index contributed by atoms with van der Waals surface area (Å²) >= 11 is 1.69. The molecule has 0 aliphatic carbocycles. The molecule has 0 radical (unpaired) electrons. The second-order valence-electron chi connectivity index (χ2n) is 6.97. The van der Waals surface area contributed by atoms with E-state index in [-0.39, 0.29) is 5.91 Å². The molecule has 4 nitrogen and oxygen atoms in total. The van der Waals surface area contributed by atoms with E-state index in [1.54, 1.807) is 11.3 Å². The van der Waals surface area contributed by atoms with Gasteiger partial charge in [0.25, 0.3) is 0 Å². The van der Waals surface area contributed by atoms with Crippen molar-refractivity contribution in [3.05, 3.63) is 77.0 Å². The molecule has 1 amide bonds. The lowest BCUT2D eigenvalue weighted by Gasteiger charge is -2.49. The summed E-state index contributed by atoms with van der Waals surface area (Å²) in [4.78, 5) is 15.2. The maximum Gasteiger partial charge on any atom is 0.244 e. The van der Waals surface area contributed by atoms with Gasteiger partial charge in [-0.25, -0.2) is 0 Å². The van der Waals surface area contributed by atoms with Crippen LogP contribution < -0.4 is 10.1 Å². The topological polar surface area (TPSA) is 41.6 Å². The third-order valence-electron chi connectivity index (χ3n) is 5.08. The summed E-state index contributed by atoms with van der Waals surface area (Å²) in [7, 11) is 0. The lowest BCUT2D eigenvalue weighted by atomic mass is 9.85. The lowest BCUT2D eigenvalue weighted by Crippen LogP contribution is -2.63. The number of nitrogens with zero attached hydrogens (tertiary/aromatic N) is 1. The highest BCUT2D eigenvalue weighted by Crippen LogP contribution is 2.34. The average Bonchev–Trinajstić information content (AvgIpc) is 3.19. The number of nitrogens with one attached hydrogen (secondary N) is 1. The lowest BCUT2D eigenvalue weighted by molar-refractivity contribution is -0.136. The van der Waals surface area contributed by atoms with Crippen molar-refractivity contribution in [2.75, 3.05) is 11.9 Å². The fourth-order valence-corrected chi connectivity index (χ4v) is 3.91. The first kappa shape index (κ1) is 17.8. The van der Waals surface area contributed by atoms with Gasteiger partial charge in [0.05, 0.1) is 5.54 Å². The van der Waals surface area contributed by atoms with Crippen LogP contribution in [0.25, 0.3) is 0 Å². The maximum atomic E-state index is 12.9. The van der Waals surface area contributed by atoms with Crippen molar-refractivity contribution in [1.29, 1.82) is 0 Å². The summed E-state index contributed by atoms with van der Waals surface area (Å²) in [6.45, 7) is 3.77. The van der Waals surface area contributed by atoms with E-state index >= 15 is 0 Å².